The zero-order valence-corrected chi connectivity index (χ0v) is 27.4. The first-order valence-electron chi connectivity index (χ1n) is 15.5. The van der Waals surface area contributed by atoms with Crippen LogP contribution in [0.15, 0.2) is 24.3 Å². The van der Waals surface area contributed by atoms with Gasteiger partial charge >= 0.3 is 7.94 Å². The molecule has 39 heavy (non-hydrogen) atoms. The van der Waals surface area contributed by atoms with Crippen LogP contribution in [-0.2, 0) is 17.3 Å². The average molecular weight is 556 g/mol. The minimum absolute atomic E-state index is 0.108. The molecule has 3 rings (SSSR count). The van der Waals surface area contributed by atoms with Gasteiger partial charge in [0.2, 0.25) is 0 Å². The number of aryl methyl sites for hydroxylation is 2. The van der Waals surface area contributed by atoms with E-state index in [0.29, 0.717) is 6.16 Å². The van der Waals surface area contributed by atoms with Gasteiger partial charge in [0, 0.05) is 28.7 Å². The quantitative estimate of drug-likeness (QED) is 0.221. The lowest BCUT2D eigenvalue weighted by Gasteiger charge is -2.31. The molecular weight excluding hydrogens is 499 g/mol. The van der Waals surface area contributed by atoms with Gasteiger partial charge in [0.05, 0.1) is 0 Å². The van der Waals surface area contributed by atoms with E-state index in [1.165, 1.54) is 62.5 Å². The third-order valence-corrected chi connectivity index (χ3v) is 9.70. The van der Waals surface area contributed by atoms with Crippen LogP contribution in [0.3, 0.4) is 0 Å². The predicted octanol–water partition coefficient (Wildman–Crippen LogP) is 10.9. The molecule has 218 valence electrons. The van der Waals surface area contributed by atoms with Gasteiger partial charge in [0.25, 0.3) is 0 Å². The lowest BCUT2D eigenvalue weighted by molar-refractivity contribution is 0.330. The maximum absolute atomic E-state index is 12.2. The fourth-order valence-electron chi connectivity index (χ4n) is 5.69. The molecule has 2 aromatic rings. The molecule has 1 heterocycles. The van der Waals surface area contributed by atoms with Gasteiger partial charge in [-0.25, -0.2) is 0 Å². The van der Waals surface area contributed by atoms with E-state index in [1.54, 1.807) is 0 Å². The molecule has 0 unspecified atom stereocenters. The Morgan fingerprint density at radius 2 is 1.03 bits per heavy atom. The summed E-state index contributed by atoms with van der Waals surface area (Å²) >= 11 is 0. The third kappa shape index (κ3) is 8.96. The second-order valence-electron chi connectivity index (χ2n) is 14.0. The van der Waals surface area contributed by atoms with Gasteiger partial charge < -0.3 is 0 Å². The Morgan fingerprint density at radius 1 is 0.641 bits per heavy atom. The first kappa shape index (κ1) is 32.0. The van der Waals surface area contributed by atoms with Gasteiger partial charge in [0.15, 0.2) is 17.7 Å². The Bertz CT molecular complexity index is 1020. The van der Waals surface area contributed by atoms with Crippen molar-refractivity contribution in [1.82, 2.24) is 0 Å². The molecule has 1 aliphatic heterocycles. The highest BCUT2D eigenvalue weighted by atomic mass is 31.2. The highest BCUT2D eigenvalue weighted by Gasteiger charge is 2.48. The first-order valence-corrected chi connectivity index (χ1v) is 17.3. The molecule has 1 N–H and O–H groups in total. The molecule has 0 spiro atoms. The maximum atomic E-state index is 12.2. The SMILES string of the molecule is CCCCCCCCCCCC[P+]1(O)Oc2c(cc(C)cc2C(C)(C)C)Cc2cc(C)cc(C(C)(C)C)c2O1. The number of rotatable bonds is 11. The van der Waals surface area contributed by atoms with Crippen molar-refractivity contribution < 1.29 is 13.9 Å². The van der Waals surface area contributed by atoms with Crippen LogP contribution in [0.25, 0.3) is 0 Å². The second kappa shape index (κ2) is 13.4. The van der Waals surface area contributed by atoms with Crippen molar-refractivity contribution in [3.8, 4) is 11.5 Å². The summed E-state index contributed by atoms with van der Waals surface area (Å²) in [5.41, 5.74) is 6.83. The summed E-state index contributed by atoms with van der Waals surface area (Å²) in [6, 6.07) is 8.93. The molecule has 0 saturated heterocycles. The Kier molecular flexibility index (Phi) is 11.0. The lowest BCUT2D eigenvalue weighted by Crippen LogP contribution is -2.23. The van der Waals surface area contributed by atoms with E-state index >= 15 is 0 Å². The van der Waals surface area contributed by atoms with Gasteiger partial charge in [0.1, 0.15) is 0 Å². The van der Waals surface area contributed by atoms with Crippen LogP contribution in [-0.4, -0.2) is 11.1 Å². The fourth-order valence-corrected chi connectivity index (χ4v) is 7.53. The summed E-state index contributed by atoms with van der Waals surface area (Å²) in [6.07, 6.45) is 13.9. The van der Waals surface area contributed by atoms with Gasteiger partial charge in [-0.3, -0.25) is 9.05 Å². The fraction of sp³-hybridized carbons (Fsp3) is 0.657. The molecule has 0 aromatic heterocycles. The van der Waals surface area contributed by atoms with Gasteiger partial charge in [-0.2, -0.15) is 4.89 Å². The Balaban J connectivity index is 1.89. The molecule has 0 aliphatic carbocycles. The van der Waals surface area contributed by atoms with Crippen LogP contribution in [0.1, 0.15) is 146 Å². The standard InChI is InChI=1S/C35H56O3P/c1-10-11-12-13-14-15-16-17-18-19-20-39(36)37-32-28(21-26(2)23-30(32)34(4,5)6)25-29-22-27(3)24-31(33(29)38-39)35(7,8)9/h21-24,36H,10-20,25H2,1-9H3/q+1. The average Bonchev–Trinajstić information content (AvgIpc) is 2.81. The minimum atomic E-state index is -3.20. The number of unbranched alkanes of at least 4 members (excludes halogenated alkanes) is 9. The summed E-state index contributed by atoms with van der Waals surface area (Å²) in [4.78, 5) is 12.2. The molecule has 0 amide bonds. The van der Waals surface area contributed by atoms with Crippen molar-refractivity contribution in [3.63, 3.8) is 0 Å². The molecule has 0 radical (unpaired) electrons. The van der Waals surface area contributed by atoms with Crippen molar-refractivity contribution in [2.45, 2.75) is 144 Å². The number of fused-ring (bicyclic) bond motifs is 2. The summed E-state index contributed by atoms with van der Waals surface area (Å²) < 4.78 is 13.4. The zero-order chi connectivity index (χ0) is 28.8. The molecule has 3 nitrogen and oxygen atoms in total. The minimum Gasteiger partial charge on any atom is -0.277 e. The smallest absolute Gasteiger partial charge is 0.277 e. The van der Waals surface area contributed by atoms with Gasteiger partial charge in [-0.05, 0) is 37.5 Å². The normalized spacial score (nSPS) is 15.0. The highest BCUT2D eigenvalue weighted by Crippen LogP contribution is 2.61. The molecule has 0 fully saturated rings. The highest BCUT2D eigenvalue weighted by molar-refractivity contribution is 7.61. The summed E-state index contributed by atoms with van der Waals surface area (Å²) in [7, 11) is -3.20. The van der Waals surface area contributed by atoms with E-state index in [9.17, 15) is 4.89 Å². The van der Waals surface area contributed by atoms with Crippen LogP contribution in [0.4, 0.5) is 0 Å². The molecule has 2 aromatic carbocycles. The monoisotopic (exact) mass is 555 g/mol. The zero-order valence-electron chi connectivity index (χ0n) is 26.5. The number of hydrogen-bond donors (Lipinski definition) is 1. The topological polar surface area (TPSA) is 38.7 Å². The van der Waals surface area contributed by atoms with Crippen LogP contribution in [0.5, 0.6) is 11.5 Å². The molecule has 1 aliphatic rings. The molecule has 4 heteroatoms. The van der Waals surface area contributed by atoms with Crippen LogP contribution in [0, 0.1) is 13.8 Å². The predicted molar refractivity (Wildman–Crippen MR) is 170 cm³/mol. The largest absolute Gasteiger partial charge is 0.495 e. The van der Waals surface area contributed by atoms with E-state index in [-0.39, 0.29) is 10.8 Å². The number of hydrogen-bond acceptors (Lipinski definition) is 3. The molecular formula is C35H56O3P+. The van der Waals surface area contributed by atoms with Crippen molar-refractivity contribution in [1.29, 1.82) is 0 Å². The summed E-state index contributed by atoms with van der Waals surface area (Å²) in [6.45, 7) is 19.9. The molecule has 0 atom stereocenters. The van der Waals surface area contributed by atoms with Gasteiger partial charge in [-0.15, -0.1) is 0 Å². The summed E-state index contributed by atoms with van der Waals surface area (Å²) in [5.74, 6) is 1.67. The second-order valence-corrected chi connectivity index (χ2v) is 16.1. The Hall–Kier alpha value is -1.57. The van der Waals surface area contributed by atoms with Crippen molar-refractivity contribution >= 4 is 7.94 Å². The van der Waals surface area contributed by atoms with E-state index in [0.717, 1.165) is 53.0 Å². The van der Waals surface area contributed by atoms with E-state index in [1.807, 2.05) is 0 Å². The molecule has 0 saturated carbocycles. The van der Waals surface area contributed by atoms with Crippen molar-refractivity contribution in [3.05, 3.63) is 57.6 Å². The van der Waals surface area contributed by atoms with E-state index < -0.39 is 7.94 Å². The van der Waals surface area contributed by atoms with Gasteiger partial charge in [-0.1, -0.05) is 135 Å². The van der Waals surface area contributed by atoms with Crippen LogP contribution in [0.2, 0.25) is 0 Å². The van der Waals surface area contributed by atoms with Crippen molar-refractivity contribution in [2.75, 3.05) is 6.16 Å². The molecule has 0 bridgehead atoms. The van der Waals surface area contributed by atoms with E-state index in [2.05, 4.69) is 86.6 Å². The Morgan fingerprint density at radius 3 is 1.41 bits per heavy atom. The van der Waals surface area contributed by atoms with Crippen LogP contribution < -0.4 is 9.05 Å². The third-order valence-electron chi connectivity index (χ3n) is 7.88. The number of benzene rings is 2. The summed E-state index contributed by atoms with van der Waals surface area (Å²) in [5, 5.41) is 0. The lowest BCUT2D eigenvalue weighted by atomic mass is 9.81. The van der Waals surface area contributed by atoms with Crippen molar-refractivity contribution in [2.24, 2.45) is 0 Å². The van der Waals surface area contributed by atoms with E-state index in [4.69, 9.17) is 9.05 Å². The first-order chi connectivity index (χ1) is 18.2. The van der Waals surface area contributed by atoms with Crippen LogP contribution >= 0.6 is 7.94 Å². The Labute approximate surface area is 240 Å². The maximum Gasteiger partial charge on any atom is 0.495 e.